The second kappa shape index (κ2) is 8.42. The molecule has 0 saturated carbocycles. The predicted octanol–water partition coefficient (Wildman–Crippen LogP) is 3.51. The van der Waals surface area contributed by atoms with Gasteiger partial charge in [0.25, 0.3) is 5.91 Å². The maximum Gasteiger partial charge on any atom is 0.267 e. The molecule has 28 heavy (non-hydrogen) atoms. The Kier molecular flexibility index (Phi) is 5.55. The van der Waals surface area contributed by atoms with Gasteiger partial charge in [-0.15, -0.1) is 0 Å². The Morgan fingerprint density at radius 3 is 2.75 bits per heavy atom. The van der Waals surface area contributed by atoms with Crippen LogP contribution in [0.1, 0.15) is 34.4 Å². The highest BCUT2D eigenvalue weighted by atomic mass is 16.5. The number of benzene rings is 2. The van der Waals surface area contributed by atoms with Gasteiger partial charge in [0.15, 0.2) is 0 Å². The number of carbonyl (C=O) groups is 1. The molecule has 0 atom stereocenters. The molecule has 0 saturated heterocycles. The number of aryl methyl sites for hydroxylation is 2. The zero-order valence-corrected chi connectivity index (χ0v) is 15.8. The van der Waals surface area contributed by atoms with E-state index in [4.69, 9.17) is 5.21 Å². The maximum atomic E-state index is 11.0. The van der Waals surface area contributed by atoms with Crippen molar-refractivity contribution in [2.45, 2.75) is 32.2 Å². The molecule has 1 amide bonds. The lowest BCUT2D eigenvalue weighted by Crippen LogP contribution is -2.16. The fourth-order valence-electron chi connectivity index (χ4n) is 3.87. The fraction of sp³-hybridized carbons (Fsp3) is 0.261. The summed E-state index contributed by atoms with van der Waals surface area (Å²) in [4.78, 5) is 14.6. The maximum absolute atomic E-state index is 11.0. The molecule has 144 valence electrons. The molecule has 0 spiro atoms. The quantitative estimate of drug-likeness (QED) is 0.221. The van der Waals surface area contributed by atoms with E-state index in [-0.39, 0.29) is 0 Å². The van der Waals surface area contributed by atoms with Crippen LogP contribution < -0.4 is 10.8 Å². The largest absolute Gasteiger partial charge is 0.358 e. The van der Waals surface area contributed by atoms with Gasteiger partial charge in [-0.1, -0.05) is 30.3 Å². The molecule has 1 aromatic heterocycles. The van der Waals surface area contributed by atoms with Crippen molar-refractivity contribution in [3.63, 3.8) is 0 Å². The molecule has 0 bridgehead atoms. The summed E-state index contributed by atoms with van der Waals surface area (Å²) in [6, 6.07) is 14.8. The molecule has 1 aliphatic rings. The van der Waals surface area contributed by atoms with Gasteiger partial charge in [0.2, 0.25) is 0 Å². The Morgan fingerprint density at radius 2 is 1.93 bits per heavy atom. The van der Waals surface area contributed by atoms with Crippen LogP contribution in [0.4, 0.5) is 0 Å². The zero-order valence-electron chi connectivity index (χ0n) is 15.8. The van der Waals surface area contributed by atoms with Crippen molar-refractivity contribution in [3.05, 3.63) is 76.5 Å². The van der Waals surface area contributed by atoms with Crippen molar-refractivity contribution in [2.24, 2.45) is 0 Å². The van der Waals surface area contributed by atoms with E-state index in [9.17, 15) is 4.79 Å². The molecule has 5 nitrogen and oxygen atoms in total. The van der Waals surface area contributed by atoms with Gasteiger partial charge in [-0.25, -0.2) is 5.48 Å². The number of aromatic amines is 1. The topological polar surface area (TPSA) is 77.2 Å². The molecule has 4 rings (SSSR count). The van der Waals surface area contributed by atoms with E-state index in [2.05, 4.69) is 28.5 Å². The van der Waals surface area contributed by atoms with Crippen LogP contribution in [-0.4, -0.2) is 22.6 Å². The molecule has 2 aromatic carbocycles. The third-order valence-corrected chi connectivity index (χ3v) is 5.35. The molecule has 5 heteroatoms. The van der Waals surface area contributed by atoms with Gasteiger partial charge >= 0.3 is 0 Å². The Bertz CT molecular complexity index is 1000. The SMILES string of the molecule is O=C(/C=C/c1ccc(CNCCc2ccc3[nH]c4c(c3c2)CCC4)cc1)NO. The van der Waals surface area contributed by atoms with Crippen molar-refractivity contribution in [1.82, 2.24) is 15.8 Å². The molecule has 0 fully saturated rings. The Hall–Kier alpha value is -2.89. The number of rotatable bonds is 7. The first-order valence-electron chi connectivity index (χ1n) is 9.77. The summed E-state index contributed by atoms with van der Waals surface area (Å²) in [6.07, 6.45) is 7.62. The van der Waals surface area contributed by atoms with E-state index in [0.717, 1.165) is 25.1 Å². The minimum atomic E-state index is -0.534. The van der Waals surface area contributed by atoms with E-state index in [0.29, 0.717) is 0 Å². The molecule has 4 N–H and O–H groups in total. The molecule has 0 radical (unpaired) electrons. The number of H-pyrrole nitrogens is 1. The van der Waals surface area contributed by atoms with Gasteiger partial charge in [-0.2, -0.15) is 0 Å². The Labute approximate surface area is 164 Å². The van der Waals surface area contributed by atoms with Crippen molar-refractivity contribution < 1.29 is 10.0 Å². The summed E-state index contributed by atoms with van der Waals surface area (Å²) in [7, 11) is 0. The van der Waals surface area contributed by atoms with Gasteiger partial charge < -0.3 is 10.3 Å². The molecular formula is C23H25N3O2. The highest BCUT2D eigenvalue weighted by Crippen LogP contribution is 2.30. The number of hydrogen-bond acceptors (Lipinski definition) is 3. The number of hydroxylamine groups is 1. The van der Waals surface area contributed by atoms with Gasteiger partial charge in [0.05, 0.1) is 0 Å². The molecule has 0 unspecified atom stereocenters. The third-order valence-electron chi connectivity index (χ3n) is 5.35. The summed E-state index contributed by atoms with van der Waals surface area (Å²) < 4.78 is 0. The molecular weight excluding hydrogens is 350 g/mol. The van der Waals surface area contributed by atoms with Gasteiger partial charge in [0, 0.05) is 29.2 Å². The predicted molar refractivity (Wildman–Crippen MR) is 111 cm³/mol. The lowest BCUT2D eigenvalue weighted by atomic mass is 10.1. The number of carbonyl (C=O) groups excluding carboxylic acids is 1. The number of aromatic nitrogens is 1. The fourth-order valence-corrected chi connectivity index (χ4v) is 3.87. The summed E-state index contributed by atoms with van der Waals surface area (Å²) in [5.41, 5.74) is 9.29. The molecule has 1 heterocycles. The second-order valence-electron chi connectivity index (χ2n) is 7.29. The number of amides is 1. The third kappa shape index (κ3) is 4.16. The lowest BCUT2D eigenvalue weighted by molar-refractivity contribution is -0.124. The number of hydrogen-bond donors (Lipinski definition) is 4. The van der Waals surface area contributed by atoms with Gasteiger partial charge in [0.1, 0.15) is 0 Å². The van der Waals surface area contributed by atoms with Crippen molar-refractivity contribution in [1.29, 1.82) is 0 Å². The van der Waals surface area contributed by atoms with E-state index in [1.165, 1.54) is 58.6 Å². The normalized spacial score (nSPS) is 13.3. The highest BCUT2D eigenvalue weighted by molar-refractivity contribution is 5.90. The van der Waals surface area contributed by atoms with E-state index >= 15 is 0 Å². The summed E-state index contributed by atoms with van der Waals surface area (Å²) in [6.45, 7) is 1.74. The average molecular weight is 375 g/mol. The van der Waals surface area contributed by atoms with Crippen LogP contribution >= 0.6 is 0 Å². The summed E-state index contributed by atoms with van der Waals surface area (Å²) in [5, 5.41) is 13.4. The first kappa shape index (κ1) is 18.5. The second-order valence-corrected chi connectivity index (χ2v) is 7.29. The molecule has 1 aliphatic carbocycles. The van der Waals surface area contributed by atoms with Crippen LogP contribution in [0.3, 0.4) is 0 Å². The summed E-state index contributed by atoms with van der Waals surface area (Å²) in [5.74, 6) is -0.534. The van der Waals surface area contributed by atoms with E-state index < -0.39 is 5.91 Å². The molecule has 3 aromatic rings. The number of fused-ring (bicyclic) bond motifs is 3. The van der Waals surface area contributed by atoms with Crippen LogP contribution in [0.5, 0.6) is 0 Å². The summed E-state index contributed by atoms with van der Waals surface area (Å²) >= 11 is 0. The average Bonchev–Trinajstić information content (AvgIpc) is 3.31. The Balaban J connectivity index is 1.28. The van der Waals surface area contributed by atoms with Crippen LogP contribution in [0.15, 0.2) is 48.5 Å². The van der Waals surface area contributed by atoms with Crippen molar-refractivity contribution in [2.75, 3.05) is 6.54 Å². The van der Waals surface area contributed by atoms with Crippen LogP contribution in [-0.2, 0) is 30.6 Å². The lowest BCUT2D eigenvalue weighted by Gasteiger charge is -2.06. The zero-order chi connectivity index (χ0) is 19.3. The van der Waals surface area contributed by atoms with Gasteiger partial charge in [-0.05, 0) is 72.7 Å². The van der Waals surface area contributed by atoms with Crippen molar-refractivity contribution in [3.8, 4) is 0 Å². The molecule has 0 aliphatic heterocycles. The van der Waals surface area contributed by atoms with Crippen molar-refractivity contribution >= 4 is 22.9 Å². The minimum absolute atomic E-state index is 0.534. The van der Waals surface area contributed by atoms with E-state index in [1.54, 1.807) is 11.6 Å². The number of nitrogens with one attached hydrogen (secondary N) is 3. The Morgan fingerprint density at radius 1 is 1.11 bits per heavy atom. The highest BCUT2D eigenvalue weighted by Gasteiger charge is 2.16. The first-order chi connectivity index (χ1) is 13.7. The monoisotopic (exact) mass is 375 g/mol. The first-order valence-corrected chi connectivity index (χ1v) is 9.77. The van der Waals surface area contributed by atoms with Gasteiger partial charge in [-0.3, -0.25) is 10.0 Å². The van der Waals surface area contributed by atoms with E-state index in [1.807, 2.05) is 24.3 Å². The smallest absolute Gasteiger partial charge is 0.267 e. The van der Waals surface area contributed by atoms with Crippen LogP contribution in [0, 0.1) is 0 Å². The van der Waals surface area contributed by atoms with Crippen LogP contribution in [0.25, 0.3) is 17.0 Å². The minimum Gasteiger partial charge on any atom is -0.358 e. The van der Waals surface area contributed by atoms with Crippen LogP contribution in [0.2, 0.25) is 0 Å². The standard InChI is InChI=1S/C23H25N3O2/c27-23(26-28)11-9-16-4-6-18(7-5-16)15-24-13-12-17-8-10-22-20(14-17)19-2-1-3-21(19)25-22/h4-11,14,24-25,28H,1-3,12-13,15H2,(H,26,27)/b11-9+.